The lowest BCUT2D eigenvalue weighted by atomic mass is 10.1. The van der Waals surface area contributed by atoms with Crippen LogP contribution in [0.25, 0.3) is 0 Å². The van der Waals surface area contributed by atoms with Gasteiger partial charge in [0.25, 0.3) is 5.91 Å². The van der Waals surface area contributed by atoms with Crippen molar-refractivity contribution in [3.8, 4) is 0 Å². The van der Waals surface area contributed by atoms with Crippen LogP contribution < -0.4 is 4.90 Å². The highest BCUT2D eigenvalue weighted by Gasteiger charge is 2.33. The number of ether oxygens (including phenoxy) is 1. The Morgan fingerprint density at radius 1 is 1.03 bits per heavy atom. The number of aliphatic imine (C=N–C) groups is 1. The van der Waals surface area contributed by atoms with E-state index in [1.807, 2.05) is 39.8 Å². The van der Waals surface area contributed by atoms with Crippen molar-refractivity contribution in [1.82, 2.24) is 4.90 Å². The molecule has 0 bridgehead atoms. The van der Waals surface area contributed by atoms with Gasteiger partial charge in [-0.15, -0.1) is 0 Å². The van der Waals surface area contributed by atoms with Crippen LogP contribution >= 0.6 is 0 Å². The third kappa shape index (κ3) is 6.38. The van der Waals surface area contributed by atoms with Crippen molar-refractivity contribution in [1.29, 1.82) is 0 Å². The zero-order valence-electron chi connectivity index (χ0n) is 21.6. The van der Waals surface area contributed by atoms with E-state index >= 15 is 0 Å². The van der Waals surface area contributed by atoms with E-state index in [-0.39, 0.29) is 17.7 Å². The fraction of sp³-hybridized carbons (Fsp3) is 0.267. The summed E-state index contributed by atoms with van der Waals surface area (Å²) in [6, 6.07) is 17.3. The standard InChI is InChI=1S/C30H35N3O2/c1-8-25(33(26-16-10-22(5)11-17-26)27-18-12-23(6)13-19-27)15-14-24(7)20-28-29(34)32(9-2)30(35-28)31-21(3)4/h8,10-21H,7,9H2,1-6H3/b15-14-,25-8+,28-20+,31-30+. The van der Waals surface area contributed by atoms with Crippen LogP contribution in [-0.2, 0) is 9.53 Å². The zero-order chi connectivity index (χ0) is 25.5. The smallest absolute Gasteiger partial charge is 0.300 e. The number of carbonyl (C=O) groups excluding carboxylic acids is 1. The van der Waals surface area contributed by atoms with Crippen molar-refractivity contribution in [2.45, 2.75) is 47.6 Å². The number of anilines is 2. The summed E-state index contributed by atoms with van der Waals surface area (Å²) in [6.07, 6.45) is 7.61. The van der Waals surface area contributed by atoms with Crippen molar-refractivity contribution in [2.24, 2.45) is 4.99 Å². The molecule has 2 aromatic carbocycles. The maximum Gasteiger partial charge on any atom is 0.300 e. The second-order valence-corrected chi connectivity index (χ2v) is 8.79. The van der Waals surface area contributed by atoms with Gasteiger partial charge in [0.15, 0.2) is 5.76 Å². The molecule has 5 heteroatoms. The number of allylic oxidation sites excluding steroid dienone is 5. The van der Waals surface area contributed by atoms with Crippen LogP contribution in [0, 0.1) is 13.8 Å². The summed E-state index contributed by atoms with van der Waals surface area (Å²) in [6.45, 7) is 16.6. The summed E-state index contributed by atoms with van der Waals surface area (Å²) in [5.41, 5.74) is 6.17. The summed E-state index contributed by atoms with van der Waals surface area (Å²) in [5.74, 6) is 0.0329. The van der Waals surface area contributed by atoms with Gasteiger partial charge in [-0.2, -0.15) is 0 Å². The largest absolute Gasteiger partial charge is 0.420 e. The Kier molecular flexibility index (Phi) is 8.48. The molecular formula is C30H35N3O2. The van der Waals surface area contributed by atoms with Gasteiger partial charge in [-0.3, -0.25) is 9.69 Å². The number of amidine groups is 1. The number of hydrogen-bond acceptors (Lipinski definition) is 4. The molecule has 182 valence electrons. The Balaban J connectivity index is 1.89. The molecule has 35 heavy (non-hydrogen) atoms. The summed E-state index contributed by atoms with van der Waals surface area (Å²) in [5, 5.41) is 0. The lowest BCUT2D eigenvalue weighted by Gasteiger charge is -2.26. The van der Waals surface area contributed by atoms with E-state index in [0.29, 0.717) is 18.1 Å². The SMILES string of the molecule is C=C(/C=C\C(=C/C)N(c1ccc(C)cc1)c1ccc(C)cc1)/C=C1/O/C(=N/C(C)C)N(CC)C1=O. The van der Waals surface area contributed by atoms with Crippen LogP contribution in [0.1, 0.15) is 38.8 Å². The number of benzene rings is 2. The first-order chi connectivity index (χ1) is 16.7. The van der Waals surface area contributed by atoms with Crippen LogP contribution in [0.3, 0.4) is 0 Å². The number of rotatable bonds is 8. The second-order valence-electron chi connectivity index (χ2n) is 8.79. The van der Waals surface area contributed by atoms with Gasteiger partial charge in [-0.25, -0.2) is 4.99 Å². The van der Waals surface area contributed by atoms with Gasteiger partial charge in [0, 0.05) is 29.7 Å². The number of likely N-dealkylation sites (N-methyl/N-ethyl adjacent to an activating group) is 1. The molecule has 1 amide bonds. The molecule has 2 aromatic rings. The Morgan fingerprint density at radius 3 is 2.03 bits per heavy atom. The molecule has 3 rings (SSSR count). The normalized spacial score (nSPS) is 16.6. The molecule has 1 fully saturated rings. The molecule has 0 saturated carbocycles. The molecule has 0 unspecified atom stereocenters. The number of amides is 1. The first kappa shape index (κ1) is 25.8. The first-order valence-electron chi connectivity index (χ1n) is 12.0. The van der Waals surface area contributed by atoms with Gasteiger partial charge in [0.05, 0.1) is 0 Å². The number of aryl methyl sites for hydroxylation is 2. The fourth-order valence-electron chi connectivity index (χ4n) is 3.65. The van der Waals surface area contributed by atoms with E-state index in [4.69, 9.17) is 4.74 Å². The number of hydrogen-bond donors (Lipinski definition) is 0. The third-order valence-corrected chi connectivity index (χ3v) is 5.50. The van der Waals surface area contributed by atoms with E-state index < -0.39 is 0 Å². The predicted octanol–water partition coefficient (Wildman–Crippen LogP) is 6.98. The highest BCUT2D eigenvalue weighted by molar-refractivity contribution is 6.09. The van der Waals surface area contributed by atoms with Crippen molar-refractivity contribution >= 4 is 23.3 Å². The number of nitrogens with zero attached hydrogens (tertiary/aromatic N) is 3. The summed E-state index contributed by atoms with van der Waals surface area (Å²) in [7, 11) is 0. The summed E-state index contributed by atoms with van der Waals surface area (Å²) < 4.78 is 5.77. The van der Waals surface area contributed by atoms with Gasteiger partial charge >= 0.3 is 6.02 Å². The van der Waals surface area contributed by atoms with Crippen molar-refractivity contribution < 1.29 is 9.53 Å². The van der Waals surface area contributed by atoms with Crippen LogP contribution in [0.15, 0.2) is 101 Å². The average Bonchev–Trinajstić information content (AvgIpc) is 3.11. The van der Waals surface area contributed by atoms with Crippen molar-refractivity contribution in [3.05, 3.63) is 108 Å². The van der Waals surface area contributed by atoms with Crippen LogP contribution in [0.5, 0.6) is 0 Å². The maximum absolute atomic E-state index is 12.8. The Labute approximate surface area is 209 Å². The molecular weight excluding hydrogens is 434 g/mol. The first-order valence-corrected chi connectivity index (χ1v) is 12.0. The quantitative estimate of drug-likeness (QED) is 0.309. The van der Waals surface area contributed by atoms with Crippen LogP contribution in [-0.4, -0.2) is 29.4 Å². The third-order valence-electron chi connectivity index (χ3n) is 5.50. The highest BCUT2D eigenvalue weighted by atomic mass is 16.5. The van der Waals surface area contributed by atoms with E-state index in [0.717, 1.165) is 17.1 Å². The van der Waals surface area contributed by atoms with E-state index in [9.17, 15) is 4.79 Å². The van der Waals surface area contributed by atoms with Gasteiger partial charge in [-0.05, 0) is 83.5 Å². The molecule has 0 spiro atoms. The van der Waals surface area contributed by atoms with Crippen LogP contribution in [0.2, 0.25) is 0 Å². The fourth-order valence-corrected chi connectivity index (χ4v) is 3.65. The molecule has 0 atom stereocenters. The van der Waals surface area contributed by atoms with E-state index in [2.05, 4.69) is 84.9 Å². The molecule has 5 nitrogen and oxygen atoms in total. The average molecular weight is 470 g/mol. The molecule has 1 saturated heterocycles. The van der Waals surface area contributed by atoms with Crippen molar-refractivity contribution in [3.63, 3.8) is 0 Å². The van der Waals surface area contributed by atoms with Gasteiger partial charge < -0.3 is 9.64 Å². The lowest BCUT2D eigenvalue weighted by Crippen LogP contribution is -2.30. The lowest BCUT2D eigenvalue weighted by molar-refractivity contribution is -0.122. The monoisotopic (exact) mass is 469 g/mol. The molecule has 1 aliphatic rings. The molecule has 0 aliphatic carbocycles. The summed E-state index contributed by atoms with van der Waals surface area (Å²) in [4.78, 5) is 20.9. The summed E-state index contributed by atoms with van der Waals surface area (Å²) >= 11 is 0. The zero-order valence-corrected chi connectivity index (χ0v) is 21.6. The molecule has 1 heterocycles. The van der Waals surface area contributed by atoms with Crippen molar-refractivity contribution in [2.75, 3.05) is 11.4 Å². The second kappa shape index (κ2) is 11.5. The molecule has 0 N–H and O–H groups in total. The minimum atomic E-state index is -0.200. The molecule has 0 radical (unpaired) electrons. The Hall–Kier alpha value is -3.86. The molecule has 1 aliphatic heterocycles. The predicted molar refractivity (Wildman–Crippen MR) is 146 cm³/mol. The topological polar surface area (TPSA) is 45.1 Å². The van der Waals surface area contributed by atoms with Gasteiger partial charge in [0.1, 0.15) is 0 Å². The Morgan fingerprint density at radius 2 is 1.57 bits per heavy atom. The molecule has 0 aromatic heterocycles. The maximum atomic E-state index is 12.8. The Bertz CT molecular complexity index is 1140. The minimum Gasteiger partial charge on any atom is -0.420 e. The van der Waals surface area contributed by atoms with Gasteiger partial charge in [-0.1, -0.05) is 54.1 Å². The van der Waals surface area contributed by atoms with E-state index in [1.165, 1.54) is 16.0 Å². The van der Waals surface area contributed by atoms with Gasteiger partial charge in [0.2, 0.25) is 0 Å². The highest BCUT2D eigenvalue weighted by Crippen LogP contribution is 2.31. The number of carbonyl (C=O) groups is 1. The van der Waals surface area contributed by atoms with E-state index in [1.54, 1.807) is 6.08 Å². The van der Waals surface area contributed by atoms with Crippen LogP contribution in [0.4, 0.5) is 11.4 Å². The minimum absolute atomic E-state index is 0.0288.